The minimum absolute atomic E-state index is 0.191. The van der Waals surface area contributed by atoms with Crippen molar-refractivity contribution in [3.63, 3.8) is 0 Å². The summed E-state index contributed by atoms with van der Waals surface area (Å²) >= 11 is 0. The third-order valence-corrected chi connectivity index (χ3v) is 4.40. The van der Waals surface area contributed by atoms with Gasteiger partial charge in [-0.2, -0.15) is 20.1 Å². The van der Waals surface area contributed by atoms with Gasteiger partial charge in [-0.1, -0.05) is 26.0 Å². The lowest BCUT2D eigenvalue weighted by atomic mass is 10.3. The van der Waals surface area contributed by atoms with Gasteiger partial charge in [-0.05, 0) is 56.8 Å². The zero-order valence-corrected chi connectivity index (χ0v) is 19.6. The van der Waals surface area contributed by atoms with E-state index < -0.39 is 0 Å². The zero-order chi connectivity index (χ0) is 23.9. The van der Waals surface area contributed by atoms with Crippen LogP contribution in [0.1, 0.15) is 45.9 Å². The molecule has 176 valence electrons. The lowest BCUT2D eigenvalue weighted by molar-refractivity contribution is 0.294. The number of rotatable bonds is 14. The summed E-state index contributed by atoms with van der Waals surface area (Å²) in [5.41, 5.74) is 4.44. The second kappa shape index (κ2) is 14.3. The fourth-order valence-corrected chi connectivity index (χ4v) is 2.85. The van der Waals surface area contributed by atoms with E-state index in [1.165, 1.54) is 6.21 Å². The molecule has 1 aromatic carbocycles. The maximum Gasteiger partial charge on any atom is 0.321 e. The number of aliphatic imine (C=N–C) groups is 1. The smallest absolute Gasteiger partial charge is 0.321 e. The van der Waals surface area contributed by atoms with Crippen molar-refractivity contribution in [3.8, 4) is 11.8 Å². The summed E-state index contributed by atoms with van der Waals surface area (Å²) in [5.74, 6) is 1.13. The standard InChI is InChI=1S/C24H33N7O2/c1-5-8-9-19(25-4)14-17-33-24-28-22(18-26-30-20-10-12-21(32)13-11-20)27-23(29-24)31(15-6-2)16-7-3/h5,8-13,18,30,32H,4,6-7,14-17H2,1-3H3/b8-5-,19-9-,26-18+. The average Bonchev–Trinajstić information content (AvgIpc) is 2.82. The molecule has 0 bridgehead atoms. The highest BCUT2D eigenvalue weighted by Gasteiger charge is 2.13. The van der Waals surface area contributed by atoms with Gasteiger partial charge >= 0.3 is 6.01 Å². The van der Waals surface area contributed by atoms with Crippen molar-refractivity contribution in [2.75, 3.05) is 30.0 Å². The van der Waals surface area contributed by atoms with Crippen molar-refractivity contribution in [1.29, 1.82) is 0 Å². The minimum Gasteiger partial charge on any atom is -0.508 e. The number of anilines is 2. The van der Waals surface area contributed by atoms with Crippen molar-refractivity contribution >= 4 is 24.6 Å². The molecule has 0 aliphatic carbocycles. The van der Waals surface area contributed by atoms with E-state index >= 15 is 0 Å². The number of phenols is 1. The Bertz CT molecular complexity index is 950. The van der Waals surface area contributed by atoms with Gasteiger partial charge < -0.3 is 14.7 Å². The predicted octanol–water partition coefficient (Wildman–Crippen LogP) is 4.58. The molecule has 2 N–H and O–H groups in total. The third-order valence-electron chi connectivity index (χ3n) is 4.40. The molecule has 1 heterocycles. The number of hydrogen-bond acceptors (Lipinski definition) is 9. The summed E-state index contributed by atoms with van der Waals surface area (Å²) in [6.07, 6.45) is 9.77. The summed E-state index contributed by atoms with van der Waals surface area (Å²) in [6.45, 7) is 11.8. The van der Waals surface area contributed by atoms with Gasteiger partial charge in [0.2, 0.25) is 5.95 Å². The number of hydrazone groups is 1. The van der Waals surface area contributed by atoms with Crippen LogP contribution in [0.25, 0.3) is 0 Å². The van der Waals surface area contributed by atoms with E-state index in [-0.39, 0.29) is 11.8 Å². The number of phenolic OH excluding ortho intramolecular Hbond substituents is 1. The lowest BCUT2D eigenvalue weighted by Gasteiger charge is -2.21. The van der Waals surface area contributed by atoms with Gasteiger partial charge in [-0.25, -0.2) is 0 Å². The van der Waals surface area contributed by atoms with Crippen LogP contribution < -0.4 is 15.1 Å². The van der Waals surface area contributed by atoms with Crippen LogP contribution in [0, 0.1) is 0 Å². The highest BCUT2D eigenvalue weighted by Crippen LogP contribution is 2.15. The van der Waals surface area contributed by atoms with Crippen LogP contribution in [0.2, 0.25) is 0 Å². The van der Waals surface area contributed by atoms with Crippen LogP contribution in [0.15, 0.2) is 58.3 Å². The van der Waals surface area contributed by atoms with Crippen molar-refractivity contribution < 1.29 is 9.84 Å². The second-order valence-electron chi connectivity index (χ2n) is 7.12. The quantitative estimate of drug-likeness (QED) is 0.187. The van der Waals surface area contributed by atoms with Crippen LogP contribution in [-0.2, 0) is 0 Å². The van der Waals surface area contributed by atoms with Crippen molar-refractivity contribution in [2.24, 2.45) is 10.1 Å². The fraction of sp³-hybridized carbons (Fsp3) is 0.375. The highest BCUT2D eigenvalue weighted by atomic mass is 16.5. The molecule has 0 aliphatic rings. The van der Waals surface area contributed by atoms with Crippen molar-refractivity contribution in [2.45, 2.75) is 40.0 Å². The molecule has 0 spiro atoms. The predicted molar refractivity (Wildman–Crippen MR) is 135 cm³/mol. The Morgan fingerprint density at radius 2 is 1.88 bits per heavy atom. The van der Waals surface area contributed by atoms with Crippen LogP contribution in [0.5, 0.6) is 11.8 Å². The summed E-state index contributed by atoms with van der Waals surface area (Å²) in [7, 11) is 0. The Morgan fingerprint density at radius 3 is 2.52 bits per heavy atom. The topological polar surface area (TPSA) is 108 Å². The summed E-state index contributed by atoms with van der Waals surface area (Å²) < 4.78 is 5.83. The maximum absolute atomic E-state index is 9.40. The van der Waals surface area contributed by atoms with Gasteiger partial charge in [-0.15, -0.1) is 0 Å². The molecule has 0 atom stereocenters. The second-order valence-corrected chi connectivity index (χ2v) is 7.12. The zero-order valence-electron chi connectivity index (χ0n) is 19.6. The number of allylic oxidation sites excluding steroid dienone is 3. The normalized spacial score (nSPS) is 11.8. The molecule has 9 heteroatoms. The van der Waals surface area contributed by atoms with E-state index in [0.29, 0.717) is 24.8 Å². The highest BCUT2D eigenvalue weighted by molar-refractivity contribution is 5.75. The van der Waals surface area contributed by atoms with Gasteiger partial charge in [0.25, 0.3) is 0 Å². The molecule has 0 amide bonds. The molecular weight excluding hydrogens is 418 g/mol. The average molecular weight is 452 g/mol. The number of nitrogens with one attached hydrogen (secondary N) is 1. The van der Waals surface area contributed by atoms with Gasteiger partial charge in [0.05, 0.1) is 18.5 Å². The number of nitrogens with zero attached hydrogens (tertiary/aromatic N) is 6. The summed E-state index contributed by atoms with van der Waals surface area (Å²) in [6, 6.07) is 6.83. The Kier molecular flexibility index (Phi) is 11.1. The molecule has 0 radical (unpaired) electrons. The molecule has 0 fully saturated rings. The first-order valence-corrected chi connectivity index (χ1v) is 11.1. The van der Waals surface area contributed by atoms with E-state index in [1.807, 2.05) is 25.2 Å². The first-order chi connectivity index (χ1) is 16.1. The Balaban J connectivity index is 2.20. The molecule has 2 rings (SSSR count). The van der Waals surface area contributed by atoms with E-state index in [9.17, 15) is 5.11 Å². The number of aromatic hydroxyl groups is 1. The molecule has 2 aromatic rings. The summed E-state index contributed by atoms with van der Waals surface area (Å²) in [5, 5.41) is 13.6. The minimum atomic E-state index is 0.191. The fourth-order valence-electron chi connectivity index (χ4n) is 2.85. The van der Waals surface area contributed by atoms with Crippen LogP contribution in [0.4, 0.5) is 11.6 Å². The van der Waals surface area contributed by atoms with Gasteiger partial charge in [0, 0.05) is 25.2 Å². The first kappa shape index (κ1) is 25.5. The molecule has 9 nitrogen and oxygen atoms in total. The number of benzene rings is 1. The van der Waals surface area contributed by atoms with Gasteiger partial charge in [-0.3, -0.25) is 10.4 Å². The van der Waals surface area contributed by atoms with Gasteiger partial charge in [0.15, 0.2) is 5.82 Å². The van der Waals surface area contributed by atoms with E-state index in [0.717, 1.165) is 37.3 Å². The third kappa shape index (κ3) is 9.10. The van der Waals surface area contributed by atoms with E-state index in [4.69, 9.17) is 4.74 Å². The van der Waals surface area contributed by atoms with Crippen LogP contribution in [-0.4, -0.2) is 52.7 Å². The Hall–Kier alpha value is -3.75. The lowest BCUT2D eigenvalue weighted by Crippen LogP contribution is -2.27. The molecule has 0 saturated heterocycles. The number of ether oxygens (including phenoxy) is 1. The molecule has 33 heavy (non-hydrogen) atoms. The Morgan fingerprint density at radius 1 is 1.15 bits per heavy atom. The molecule has 1 aromatic heterocycles. The number of hydrogen-bond donors (Lipinski definition) is 2. The SMILES string of the molecule is C=N/C(=C\C=C/C)CCOc1nc(/C=N/Nc2ccc(O)cc2)nc(N(CCC)CCC)n1. The van der Waals surface area contributed by atoms with E-state index in [1.54, 1.807) is 24.3 Å². The summed E-state index contributed by atoms with van der Waals surface area (Å²) in [4.78, 5) is 19.6. The maximum atomic E-state index is 9.40. The van der Waals surface area contributed by atoms with Crippen LogP contribution >= 0.6 is 0 Å². The largest absolute Gasteiger partial charge is 0.508 e. The van der Waals surface area contributed by atoms with E-state index in [2.05, 4.69) is 55.9 Å². The molecule has 0 unspecified atom stereocenters. The molecular formula is C24H33N7O2. The molecule has 0 saturated carbocycles. The van der Waals surface area contributed by atoms with Crippen LogP contribution in [0.3, 0.4) is 0 Å². The Labute approximate surface area is 195 Å². The number of aromatic nitrogens is 3. The monoisotopic (exact) mass is 451 g/mol. The molecule has 0 aliphatic heterocycles. The first-order valence-electron chi connectivity index (χ1n) is 11.1. The van der Waals surface area contributed by atoms with Crippen molar-refractivity contribution in [3.05, 3.63) is 54.0 Å². The van der Waals surface area contributed by atoms with Crippen molar-refractivity contribution in [1.82, 2.24) is 15.0 Å². The van der Waals surface area contributed by atoms with Gasteiger partial charge in [0.1, 0.15) is 5.75 Å².